The maximum absolute atomic E-state index is 5.59. The summed E-state index contributed by atoms with van der Waals surface area (Å²) < 4.78 is 0. The van der Waals surface area contributed by atoms with E-state index in [4.69, 9.17) is 5.73 Å². The van der Waals surface area contributed by atoms with E-state index in [1.54, 1.807) is 0 Å². The van der Waals surface area contributed by atoms with Gasteiger partial charge in [-0.1, -0.05) is 6.42 Å². The fourth-order valence-electron chi connectivity index (χ4n) is 3.39. The van der Waals surface area contributed by atoms with Crippen molar-refractivity contribution >= 4 is 5.82 Å². The second kappa shape index (κ2) is 3.01. The fourth-order valence-corrected chi connectivity index (χ4v) is 3.39. The number of nitrogens with zero attached hydrogens (tertiary/aromatic N) is 1. The van der Waals surface area contributed by atoms with Crippen molar-refractivity contribution in [3.05, 3.63) is 11.8 Å². The van der Waals surface area contributed by atoms with E-state index in [1.807, 2.05) is 6.07 Å². The van der Waals surface area contributed by atoms with Crippen LogP contribution in [0.4, 0.5) is 5.82 Å². The van der Waals surface area contributed by atoms with Gasteiger partial charge in [-0.2, -0.15) is 5.10 Å². The van der Waals surface area contributed by atoms with Crippen molar-refractivity contribution in [1.29, 1.82) is 0 Å². The van der Waals surface area contributed by atoms with E-state index in [0.29, 0.717) is 5.82 Å². The van der Waals surface area contributed by atoms with E-state index in [9.17, 15) is 0 Å². The van der Waals surface area contributed by atoms with Crippen molar-refractivity contribution in [3.8, 4) is 0 Å². The molecule has 1 heterocycles. The summed E-state index contributed by atoms with van der Waals surface area (Å²) in [6.45, 7) is 0. The van der Waals surface area contributed by atoms with Crippen molar-refractivity contribution < 1.29 is 0 Å². The molecule has 2 bridgehead atoms. The Kier molecular flexibility index (Phi) is 1.79. The van der Waals surface area contributed by atoms with Crippen molar-refractivity contribution in [2.75, 3.05) is 5.73 Å². The van der Waals surface area contributed by atoms with E-state index in [0.717, 1.165) is 24.2 Å². The molecule has 1 aromatic rings. The highest BCUT2D eigenvalue weighted by Crippen LogP contribution is 2.49. The molecule has 2 aliphatic carbocycles. The van der Waals surface area contributed by atoms with Crippen LogP contribution in [-0.4, -0.2) is 10.2 Å². The summed E-state index contributed by atoms with van der Waals surface area (Å²) in [6, 6.07) is 1.98. The molecule has 0 aliphatic heterocycles. The zero-order valence-corrected chi connectivity index (χ0v) is 8.37. The molecule has 0 radical (unpaired) electrons. The highest BCUT2D eigenvalue weighted by atomic mass is 15.2. The van der Waals surface area contributed by atoms with Crippen LogP contribution in [0, 0.1) is 17.8 Å². The number of nitrogen functional groups attached to an aromatic ring is 1. The van der Waals surface area contributed by atoms with Gasteiger partial charge in [-0.15, -0.1) is 0 Å². The summed E-state index contributed by atoms with van der Waals surface area (Å²) in [5.41, 5.74) is 6.81. The number of H-pyrrole nitrogens is 1. The maximum atomic E-state index is 5.59. The van der Waals surface area contributed by atoms with E-state index >= 15 is 0 Å². The van der Waals surface area contributed by atoms with Crippen LogP contribution in [-0.2, 0) is 6.42 Å². The summed E-state index contributed by atoms with van der Waals surface area (Å²) in [7, 11) is 0. The Morgan fingerprint density at radius 2 is 2.36 bits per heavy atom. The number of hydrogen-bond donors (Lipinski definition) is 2. The van der Waals surface area contributed by atoms with Gasteiger partial charge in [-0.3, -0.25) is 5.10 Å². The Labute approximate surface area is 84.1 Å². The second-order valence-corrected chi connectivity index (χ2v) is 4.96. The second-order valence-electron chi connectivity index (χ2n) is 4.96. The molecular weight excluding hydrogens is 174 g/mol. The van der Waals surface area contributed by atoms with E-state index in [-0.39, 0.29) is 0 Å². The Morgan fingerprint density at radius 3 is 2.93 bits per heavy atom. The minimum atomic E-state index is 0.628. The lowest BCUT2D eigenvalue weighted by Gasteiger charge is -2.20. The average molecular weight is 191 g/mol. The van der Waals surface area contributed by atoms with Crippen LogP contribution >= 0.6 is 0 Å². The van der Waals surface area contributed by atoms with Gasteiger partial charge in [0.25, 0.3) is 0 Å². The van der Waals surface area contributed by atoms with Gasteiger partial charge < -0.3 is 5.73 Å². The number of fused-ring (bicyclic) bond motifs is 2. The number of anilines is 1. The largest absolute Gasteiger partial charge is 0.382 e. The number of nitrogens with one attached hydrogen (secondary N) is 1. The first kappa shape index (κ1) is 8.33. The Morgan fingerprint density at radius 1 is 1.43 bits per heavy atom. The summed E-state index contributed by atoms with van der Waals surface area (Å²) in [5.74, 6) is 3.55. The fraction of sp³-hybridized carbons (Fsp3) is 0.727. The molecule has 2 saturated carbocycles. The number of aromatic amines is 1. The zero-order valence-electron chi connectivity index (χ0n) is 8.37. The number of hydrogen-bond acceptors (Lipinski definition) is 2. The predicted molar refractivity (Wildman–Crippen MR) is 55.6 cm³/mol. The number of aromatic nitrogens is 2. The summed E-state index contributed by atoms with van der Waals surface area (Å²) in [6.07, 6.45) is 7.01. The minimum Gasteiger partial charge on any atom is -0.382 e. The van der Waals surface area contributed by atoms with Gasteiger partial charge in [-0.05, 0) is 43.4 Å². The molecular formula is C11H17N3. The van der Waals surface area contributed by atoms with Crippen LogP contribution < -0.4 is 5.73 Å². The molecule has 0 aromatic carbocycles. The first-order valence-electron chi connectivity index (χ1n) is 5.61. The van der Waals surface area contributed by atoms with Crippen LogP contribution in [0.2, 0.25) is 0 Å². The zero-order chi connectivity index (χ0) is 9.54. The van der Waals surface area contributed by atoms with Gasteiger partial charge in [0, 0.05) is 11.8 Å². The van der Waals surface area contributed by atoms with Gasteiger partial charge >= 0.3 is 0 Å². The van der Waals surface area contributed by atoms with Gasteiger partial charge in [0.05, 0.1) is 0 Å². The van der Waals surface area contributed by atoms with Crippen LogP contribution in [0.5, 0.6) is 0 Å². The molecule has 3 unspecified atom stereocenters. The first-order chi connectivity index (χ1) is 6.81. The van der Waals surface area contributed by atoms with Crippen LogP contribution in [0.25, 0.3) is 0 Å². The lowest BCUT2D eigenvalue weighted by Crippen LogP contribution is -2.13. The molecule has 3 nitrogen and oxygen atoms in total. The molecule has 76 valence electrons. The third-order valence-electron chi connectivity index (χ3n) is 4.02. The SMILES string of the molecule is Nc1cc(CC2CC3CCC2C3)[nH]n1. The third-order valence-corrected chi connectivity index (χ3v) is 4.02. The highest BCUT2D eigenvalue weighted by Gasteiger charge is 2.39. The topological polar surface area (TPSA) is 54.7 Å². The summed E-state index contributed by atoms with van der Waals surface area (Å²) in [5, 5.41) is 6.99. The van der Waals surface area contributed by atoms with Crippen molar-refractivity contribution in [1.82, 2.24) is 10.2 Å². The molecule has 2 aliphatic rings. The molecule has 2 fully saturated rings. The van der Waals surface area contributed by atoms with Crippen molar-refractivity contribution in [3.63, 3.8) is 0 Å². The molecule has 14 heavy (non-hydrogen) atoms. The highest BCUT2D eigenvalue weighted by molar-refractivity contribution is 5.28. The predicted octanol–water partition coefficient (Wildman–Crippen LogP) is 1.97. The van der Waals surface area contributed by atoms with Gasteiger partial charge in [0.2, 0.25) is 0 Å². The number of rotatable bonds is 2. The molecule has 3 N–H and O–H groups in total. The normalized spacial score (nSPS) is 35.3. The molecule has 0 spiro atoms. The molecule has 3 atom stereocenters. The van der Waals surface area contributed by atoms with E-state index in [2.05, 4.69) is 10.2 Å². The van der Waals surface area contributed by atoms with Gasteiger partial charge in [0.1, 0.15) is 5.82 Å². The smallest absolute Gasteiger partial charge is 0.145 e. The van der Waals surface area contributed by atoms with Gasteiger partial charge in [-0.25, -0.2) is 0 Å². The van der Waals surface area contributed by atoms with Gasteiger partial charge in [0.15, 0.2) is 0 Å². The average Bonchev–Trinajstić information content (AvgIpc) is 2.82. The van der Waals surface area contributed by atoms with Crippen LogP contribution in [0.1, 0.15) is 31.4 Å². The molecule has 3 rings (SSSR count). The molecule has 0 saturated heterocycles. The van der Waals surface area contributed by atoms with Crippen molar-refractivity contribution in [2.45, 2.75) is 32.1 Å². The Hall–Kier alpha value is -0.990. The van der Waals surface area contributed by atoms with Crippen LogP contribution in [0.3, 0.4) is 0 Å². The molecule has 0 amide bonds. The summed E-state index contributed by atoms with van der Waals surface area (Å²) in [4.78, 5) is 0. The lowest BCUT2D eigenvalue weighted by molar-refractivity contribution is 0.329. The van der Waals surface area contributed by atoms with Crippen LogP contribution in [0.15, 0.2) is 6.07 Å². The lowest BCUT2D eigenvalue weighted by atomic mass is 9.85. The van der Waals surface area contributed by atoms with E-state index < -0.39 is 0 Å². The monoisotopic (exact) mass is 191 g/mol. The Bertz CT molecular complexity index is 331. The van der Waals surface area contributed by atoms with E-state index in [1.165, 1.54) is 31.4 Å². The molecule has 1 aromatic heterocycles. The first-order valence-corrected chi connectivity index (χ1v) is 5.61. The number of nitrogens with two attached hydrogens (primary N) is 1. The quantitative estimate of drug-likeness (QED) is 0.751. The Balaban J connectivity index is 1.68. The summed E-state index contributed by atoms with van der Waals surface area (Å²) >= 11 is 0. The standard InChI is InChI=1S/C11H17N3/c12-11-6-10(13-14-11)5-9-4-7-1-2-8(9)3-7/h6-9H,1-5H2,(H3,12,13,14). The van der Waals surface area contributed by atoms with Crippen molar-refractivity contribution in [2.24, 2.45) is 17.8 Å². The molecule has 3 heteroatoms. The maximum Gasteiger partial charge on any atom is 0.145 e. The minimum absolute atomic E-state index is 0.628. The third kappa shape index (κ3) is 1.31.